The van der Waals surface area contributed by atoms with Gasteiger partial charge in [-0.15, -0.1) is 4.68 Å². The maximum Gasteiger partial charge on any atom is 0.406 e. The van der Waals surface area contributed by atoms with Gasteiger partial charge in [-0.3, -0.25) is 0 Å². The zero-order chi connectivity index (χ0) is 19.9. The average Bonchev–Trinajstić information content (AvgIpc) is 3.22. The maximum absolute atomic E-state index is 12.8. The van der Waals surface area contributed by atoms with Crippen molar-refractivity contribution in [2.45, 2.75) is 37.3 Å². The topological polar surface area (TPSA) is 108 Å². The minimum atomic E-state index is -3.79. The van der Waals surface area contributed by atoms with Gasteiger partial charge in [0.1, 0.15) is 0 Å². The molecule has 0 saturated carbocycles. The van der Waals surface area contributed by atoms with Gasteiger partial charge in [0.15, 0.2) is 7.05 Å². The van der Waals surface area contributed by atoms with Crippen molar-refractivity contribution in [2.75, 3.05) is 6.61 Å². The van der Waals surface area contributed by atoms with E-state index in [1.807, 2.05) is 18.2 Å². The molecule has 1 unspecified atom stereocenters. The van der Waals surface area contributed by atoms with Crippen molar-refractivity contribution in [3.63, 3.8) is 0 Å². The molecule has 1 aliphatic rings. The molecule has 0 fully saturated rings. The number of nitrogens with zero attached hydrogens (tertiary/aromatic N) is 1. The summed E-state index contributed by atoms with van der Waals surface area (Å²) in [6.07, 6.45) is 2.12. The molecule has 1 aromatic carbocycles. The van der Waals surface area contributed by atoms with Crippen LogP contribution in [-0.2, 0) is 34.6 Å². The molecule has 2 heterocycles. The van der Waals surface area contributed by atoms with E-state index in [0.717, 1.165) is 17.6 Å². The standard InChI is InChI=1S/C19H22N4O4S/c1-3-27-19(24)17-11-18(21-23(17)2)28(25,26)22-12-8-9-14-13-6-4-5-7-15(13)20-16(14)10-12/h4-7,11-12,20,22H,3,8-10H2,1-2H3/p+1. The lowest BCUT2D eigenvalue weighted by Crippen LogP contribution is -2.40. The number of ether oxygens (including phenoxy) is 1. The molecule has 1 atom stereocenters. The number of esters is 1. The lowest BCUT2D eigenvalue weighted by atomic mass is 9.92. The quantitative estimate of drug-likeness (QED) is 0.441. The van der Waals surface area contributed by atoms with Gasteiger partial charge < -0.3 is 9.72 Å². The Morgan fingerprint density at radius 1 is 1.36 bits per heavy atom. The van der Waals surface area contributed by atoms with Crippen molar-refractivity contribution in [1.82, 2.24) is 14.8 Å². The van der Waals surface area contributed by atoms with E-state index in [1.54, 1.807) is 14.0 Å². The molecule has 148 valence electrons. The first-order chi connectivity index (χ1) is 13.4. The second-order valence-corrected chi connectivity index (χ2v) is 8.66. The third-order valence-corrected chi connectivity index (χ3v) is 6.53. The smallest absolute Gasteiger partial charge is 0.406 e. The van der Waals surface area contributed by atoms with Crippen LogP contribution in [0.4, 0.5) is 0 Å². The fourth-order valence-electron chi connectivity index (χ4n) is 3.78. The number of H-pyrrole nitrogens is 2. The molecule has 1 aliphatic carbocycles. The van der Waals surface area contributed by atoms with Crippen LogP contribution in [0.25, 0.3) is 10.9 Å². The van der Waals surface area contributed by atoms with Crippen LogP contribution in [0.1, 0.15) is 35.1 Å². The van der Waals surface area contributed by atoms with Crippen LogP contribution in [0.5, 0.6) is 0 Å². The summed E-state index contributed by atoms with van der Waals surface area (Å²) in [6.45, 7) is 1.92. The van der Waals surface area contributed by atoms with Gasteiger partial charge in [0.05, 0.1) is 12.7 Å². The number of benzene rings is 1. The van der Waals surface area contributed by atoms with Gasteiger partial charge in [0.2, 0.25) is 5.03 Å². The number of nitrogens with one attached hydrogen (secondary N) is 3. The van der Waals surface area contributed by atoms with E-state index in [9.17, 15) is 13.2 Å². The highest BCUT2D eigenvalue weighted by Crippen LogP contribution is 2.29. The van der Waals surface area contributed by atoms with Gasteiger partial charge in [0, 0.05) is 29.1 Å². The van der Waals surface area contributed by atoms with Gasteiger partial charge >= 0.3 is 11.7 Å². The molecule has 0 bridgehead atoms. The van der Waals surface area contributed by atoms with Crippen molar-refractivity contribution in [1.29, 1.82) is 0 Å². The van der Waals surface area contributed by atoms with Crippen molar-refractivity contribution < 1.29 is 22.6 Å². The number of aryl methyl sites for hydroxylation is 2. The number of carbonyl (C=O) groups excluding carboxylic acids is 1. The summed E-state index contributed by atoms with van der Waals surface area (Å²) in [5, 5.41) is 3.86. The number of fused-ring (bicyclic) bond motifs is 3. The Morgan fingerprint density at radius 3 is 2.93 bits per heavy atom. The Bertz CT molecular complexity index is 1150. The van der Waals surface area contributed by atoms with Crippen molar-refractivity contribution in [3.8, 4) is 0 Å². The van der Waals surface area contributed by atoms with Gasteiger partial charge in [-0.1, -0.05) is 18.2 Å². The molecule has 28 heavy (non-hydrogen) atoms. The van der Waals surface area contributed by atoms with Gasteiger partial charge in [-0.05, 0) is 31.4 Å². The van der Waals surface area contributed by atoms with Crippen molar-refractivity contribution in [2.24, 2.45) is 7.05 Å². The first-order valence-corrected chi connectivity index (χ1v) is 10.7. The van der Waals surface area contributed by atoms with E-state index >= 15 is 0 Å². The predicted octanol–water partition coefficient (Wildman–Crippen LogP) is 1.33. The van der Waals surface area contributed by atoms with Crippen LogP contribution in [0.2, 0.25) is 0 Å². The number of aromatic nitrogens is 3. The molecular formula is C19H23N4O4S+. The minimum absolute atomic E-state index is 0.0551. The molecule has 8 nitrogen and oxygen atoms in total. The molecule has 0 saturated heterocycles. The van der Waals surface area contributed by atoms with Crippen molar-refractivity contribution in [3.05, 3.63) is 47.3 Å². The lowest BCUT2D eigenvalue weighted by molar-refractivity contribution is -0.731. The van der Waals surface area contributed by atoms with E-state index in [4.69, 9.17) is 4.74 Å². The largest absolute Gasteiger partial charge is 0.458 e. The number of hydrogen-bond acceptors (Lipinski definition) is 4. The number of para-hydroxylation sites is 1. The van der Waals surface area contributed by atoms with Crippen LogP contribution < -0.4 is 9.40 Å². The van der Waals surface area contributed by atoms with Crippen LogP contribution in [-0.4, -0.2) is 37.1 Å². The van der Waals surface area contributed by atoms with E-state index in [0.29, 0.717) is 12.8 Å². The average molecular weight is 403 g/mol. The maximum atomic E-state index is 12.8. The Balaban J connectivity index is 1.54. The van der Waals surface area contributed by atoms with Crippen LogP contribution in [0.15, 0.2) is 35.4 Å². The second-order valence-electron chi connectivity index (χ2n) is 6.97. The summed E-state index contributed by atoms with van der Waals surface area (Å²) in [5.41, 5.74) is 3.57. The first-order valence-electron chi connectivity index (χ1n) is 9.26. The number of aromatic amines is 2. The molecule has 9 heteroatoms. The van der Waals surface area contributed by atoms with Crippen molar-refractivity contribution >= 4 is 26.9 Å². The molecule has 4 rings (SSSR count). The fourth-order valence-corrected chi connectivity index (χ4v) is 5.07. The Morgan fingerprint density at radius 2 is 2.14 bits per heavy atom. The molecule has 3 N–H and O–H groups in total. The summed E-state index contributed by atoms with van der Waals surface area (Å²) in [5.74, 6) is -0.567. The summed E-state index contributed by atoms with van der Waals surface area (Å²) >= 11 is 0. The second kappa shape index (κ2) is 7.06. The van der Waals surface area contributed by atoms with Gasteiger partial charge in [-0.2, -0.15) is 5.10 Å². The lowest BCUT2D eigenvalue weighted by Gasteiger charge is -2.22. The number of hydrogen-bond donors (Lipinski definition) is 3. The molecule has 2 aromatic heterocycles. The molecule has 0 spiro atoms. The number of rotatable bonds is 5. The first kappa shape index (κ1) is 18.7. The van der Waals surface area contributed by atoms with E-state index in [1.165, 1.54) is 21.7 Å². The predicted molar refractivity (Wildman–Crippen MR) is 102 cm³/mol. The molecule has 0 aliphatic heterocycles. The van der Waals surface area contributed by atoms with Crippen LogP contribution >= 0.6 is 0 Å². The normalized spacial score (nSPS) is 16.9. The monoisotopic (exact) mass is 403 g/mol. The Kier molecular flexibility index (Phi) is 4.72. The summed E-state index contributed by atoms with van der Waals surface area (Å²) in [7, 11) is -2.22. The number of sulfonamides is 1. The molecule has 3 aromatic rings. The minimum Gasteiger partial charge on any atom is -0.458 e. The molecule has 0 radical (unpaired) electrons. The summed E-state index contributed by atoms with van der Waals surface area (Å²) < 4.78 is 34.7. The Hall–Kier alpha value is -2.65. The van der Waals surface area contributed by atoms with E-state index in [-0.39, 0.29) is 23.4 Å². The molecule has 0 amide bonds. The molecular weight excluding hydrogens is 380 g/mol. The van der Waals surface area contributed by atoms with Gasteiger partial charge in [-0.25, -0.2) is 17.9 Å². The third-order valence-electron chi connectivity index (χ3n) is 5.10. The fraction of sp³-hybridized carbons (Fsp3) is 0.368. The summed E-state index contributed by atoms with van der Waals surface area (Å²) in [6, 6.07) is 9.20. The number of carbonyl (C=O) groups is 1. The van der Waals surface area contributed by atoms with Crippen LogP contribution in [0.3, 0.4) is 0 Å². The zero-order valence-corrected chi connectivity index (χ0v) is 16.6. The summed E-state index contributed by atoms with van der Waals surface area (Å²) in [4.78, 5) is 15.3. The Labute approximate surface area is 162 Å². The zero-order valence-electron chi connectivity index (χ0n) is 15.8. The highest BCUT2D eigenvalue weighted by Gasteiger charge is 2.31. The highest BCUT2D eigenvalue weighted by atomic mass is 32.2. The third kappa shape index (κ3) is 3.31. The van der Waals surface area contributed by atoms with Gasteiger partial charge in [0.25, 0.3) is 10.0 Å². The SMILES string of the molecule is CCOC(=O)c1cc(S(=O)(=O)NC2CCc3c([nH]c4ccccc34)C2)[nH][n+]1C. The van der Waals surface area contributed by atoms with E-state index in [2.05, 4.69) is 20.9 Å². The van der Waals surface area contributed by atoms with E-state index < -0.39 is 16.0 Å². The van der Waals surface area contributed by atoms with Crippen LogP contribution in [0, 0.1) is 0 Å². The highest BCUT2D eigenvalue weighted by molar-refractivity contribution is 7.89.